The molecule has 3 amide bonds. The lowest BCUT2D eigenvalue weighted by Crippen LogP contribution is -2.53. The number of aliphatic hydroxyl groups excluding tert-OH is 1. The van der Waals surface area contributed by atoms with Crippen molar-refractivity contribution in [3.05, 3.63) is 0 Å². The highest BCUT2D eigenvalue weighted by Crippen LogP contribution is 2.15. The molecule has 1 aliphatic rings. The summed E-state index contributed by atoms with van der Waals surface area (Å²) in [5, 5.41) is 21.3. The third-order valence-corrected chi connectivity index (χ3v) is 3.24. The summed E-state index contributed by atoms with van der Waals surface area (Å²) < 4.78 is 0. The van der Waals surface area contributed by atoms with E-state index in [1.165, 1.54) is 0 Å². The lowest BCUT2D eigenvalue weighted by Gasteiger charge is -2.28. The maximum absolute atomic E-state index is 12.3. The van der Waals surface area contributed by atoms with Crippen LogP contribution in [0.25, 0.3) is 0 Å². The van der Waals surface area contributed by atoms with Gasteiger partial charge in [-0.25, -0.2) is 4.79 Å². The zero-order valence-electron chi connectivity index (χ0n) is 11.6. The van der Waals surface area contributed by atoms with Gasteiger partial charge in [-0.05, 0) is 12.8 Å². The van der Waals surface area contributed by atoms with Crippen LogP contribution in [0.1, 0.15) is 26.2 Å². The Hall–Kier alpha value is -2.00. The van der Waals surface area contributed by atoms with Gasteiger partial charge in [0.15, 0.2) is 0 Å². The van der Waals surface area contributed by atoms with Gasteiger partial charge in [0.25, 0.3) is 0 Å². The number of carboxylic acid groups (broad SMARTS) is 1. The fraction of sp³-hybridized carbons (Fsp3) is 0.667. The molecule has 0 bridgehead atoms. The standard InChI is InChI=1S/C12H19N3O6/c1-6(16)15(9(12(20)21)2-3-10(13)18)11(19)8-4-7(17)5-14-8/h7-9,14,17H,2-5H2,1H3,(H2,13,18)(H,20,21). The van der Waals surface area contributed by atoms with Crippen LogP contribution in [-0.2, 0) is 19.2 Å². The van der Waals surface area contributed by atoms with Gasteiger partial charge >= 0.3 is 5.97 Å². The van der Waals surface area contributed by atoms with E-state index in [2.05, 4.69) is 5.32 Å². The molecule has 5 N–H and O–H groups in total. The second-order valence-electron chi connectivity index (χ2n) is 4.94. The number of rotatable bonds is 6. The van der Waals surface area contributed by atoms with Crippen molar-refractivity contribution in [2.24, 2.45) is 5.73 Å². The molecule has 9 nitrogen and oxygen atoms in total. The van der Waals surface area contributed by atoms with Crippen molar-refractivity contribution in [3.63, 3.8) is 0 Å². The lowest BCUT2D eigenvalue weighted by atomic mass is 10.1. The molecular formula is C12H19N3O6. The van der Waals surface area contributed by atoms with E-state index in [0.29, 0.717) is 4.90 Å². The van der Waals surface area contributed by atoms with Crippen molar-refractivity contribution in [2.45, 2.75) is 44.4 Å². The fourth-order valence-corrected chi connectivity index (χ4v) is 2.24. The molecule has 0 aromatic rings. The van der Waals surface area contributed by atoms with Crippen molar-refractivity contribution < 1.29 is 29.4 Å². The van der Waals surface area contributed by atoms with E-state index in [-0.39, 0.29) is 25.8 Å². The normalized spacial score (nSPS) is 22.6. The molecule has 0 radical (unpaired) electrons. The SMILES string of the molecule is CC(=O)N(C(=O)C1CC(O)CN1)C(CCC(N)=O)C(=O)O. The van der Waals surface area contributed by atoms with Gasteiger partial charge in [0.05, 0.1) is 12.1 Å². The monoisotopic (exact) mass is 301 g/mol. The lowest BCUT2D eigenvalue weighted by molar-refractivity contribution is -0.158. The Morgan fingerprint density at radius 1 is 1.38 bits per heavy atom. The van der Waals surface area contributed by atoms with E-state index in [0.717, 1.165) is 6.92 Å². The Labute approximate surface area is 121 Å². The summed E-state index contributed by atoms with van der Waals surface area (Å²) in [6.07, 6.45) is -1.12. The highest BCUT2D eigenvalue weighted by atomic mass is 16.4. The molecule has 21 heavy (non-hydrogen) atoms. The summed E-state index contributed by atoms with van der Waals surface area (Å²) in [7, 11) is 0. The van der Waals surface area contributed by atoms with Gasteiger partial charge in [-0.3, -0.25) is 19.3 Å². The van der Waals surface area contributed by atoms with Gasteiger partial charge in [0, 0.05) is 19.9 Å². The second-order valence-corrected chi connectivity index (χ2v) is 4.94. The molecule has 118 valence electrons. The number of carbonyl (C=O) groups excluding carboxylic acids is 3. The number of β-amino-alcohol motifs (C(OH)–C–C–N with tert-alkyl or cyclic N) is 1. The van der Waals surface area contributed by atoms with Crippen molar-refractivity contribution in [2.75, 3.05) is 6.54 Å². The number of primary amides is 1. The third kappa shape index (κ3) is 4.50. The number of nitrogens with two attached hydrogens (primary N) is 1. The van der Waals surface area contributed by atoms with Crippen molar-refractivity contribution >= 4 is 23.7 Å². The van der Waals surface area contributed by atoms with Gasteiger partial charge in [-0.15, -0.1) is 0 Å². The number of hydrogen-bond donors (Lipinski definition) is 4. The Morgan fingerprint density at radius 2 is 2.00 bits per heavy atom. The van der Waals surface area contributed by atoms with Crippen LogP contribution >= 0.6 is 0 Å². The molecule has 1 rings (SSSR count). The Balaban J connectivity index is 2.90. The van der Waals surface area contributed by atoms with Crippen LogP contribution in [0.4, 0.5) is 0 Å². The number of hydrogen-bond acceptors (Lipinski definition) is 6. The number of carbonyl (C=O) groups is 4. The number of imide groups is 1. The van der Waals surface area contributed by atoms with Gasteiger partial charge in [-0.2, -0.15) is 0 Å². The summed E-state index contributed by atoms with van der Waals surface area (Å²) >= 11 is 0. The van der Waals surface area contributed by atoms with E-state index in [1.54, 1.807) is 0 Å². The Kier molecular flexibility index (Phi) is 5.79. The minimum absolute atomic E-state index is 0.102. The zero-order chi connectivity index (χ0) is 16.2. The van der Waals surface area contributed by atoms with Gasteiger partial charge in [0.1, 0.15) is 6.04 Å². The summed E-state index contributed by atoms with van der Waals surface area (Å²) in [5.74, 6) is -3.57. The van der Waals surface area contributed by atoms with Crippen molar-refractivity contribution in [1.82, 2.24) is 10.2 Å². The van der Waals surface area contributed by atoms with Crippen LogP contribution in [-0.4, -0.2) is 63.5 Å². The molecular weight excluding hydrogens is 282 g/mol. The van der Waals surface area contributed by atoms with Crippen LogP contribution in [0.3, 0.4) is 0 Å². The quantitative estimate of drug-likeness (QED) is 0.435. The number of amides is 3. The first kappa shape index (κ1) is 17.1. The van der Waals surface area contributed by atoms with Crippen LogP contribution in [0.2, 0.25) is 0 Å². The van der Waals surface area contributed by atoms with Crippen molar-refractivity contribution in [1.29, 1.82) is 0 Å². The van der Waals surface area contributed by atoms with E-state index in [9.17, 15) is 29.4 Å². The largest absolute Gasteiger partial charge is 0.480 e. The van der Waals surface area contributed by atoms with Gasteiger partial charge in [0.2, 0.25) is 17.7 Å². The molecule has 1 aliphatic heterocycles. The molecule has 1 saturated heterocycles. The molecule has 0 saturated carbocycles. The predicted octanol–water partition coefficient (Wildman–Crippen LogP) is -2.20. The second kappa shape index (κ2) is 7.14. The van der Waals surface area contributed by atoms with E-state index in [1.807, 2.05) is 0 Å². The highest BCUT2D eigenvalue weighted by molar-refractivity contribution is 6.00. The Bertz CT molecular complexity index is 452. The first-order valence-corrected chi connectivity index (χ1v) is 6.50. The van der Waals surface area contributed by atoms with E-state index >= 15 is 0 Å². The summed E-state index contributed by atoms with van der Waals surface area (Å²) in [6.45, 7) is 1.27. The van der Waals surface area contributed by atoms with Crippen LogP contribution in [0.15, 0.2) is 0 Å². The fourth-order valence-electron chi connectivity index (χ4n) is 2.24. The number of aliphatic carboxylic acids is 1. The van der Waals surface area contributed by atoms with Gasteiger partial charge < -0.3 is 21.3 Å². The maximum atomic E-state index is 12.3. The molecule has 0 aromatic carbocycles. The van der Waals surface area contributed by atoms with Crippen LogP contribution in [0.5, 0.6) is 0 Å². The number of carboxylic acids is 1. The number of aliphatic hydroxyl groups is 1. The average molecular weight is 301 g/mol. The molecule has 3 unspecified atom stereocenters. The summed E-state index contributed by atoms with van der Waals surface area (Å²) in [5.41, 5.74) is 4.97. The zero-order valence-corrected chi connectivity index (χ0v) is 11.6. The van der Waals surface area contributed by atoms with E-state index < -0.39 is 41.9 Å². The molecule has 1 fully saturated rings. The molecule has 1 heterocycles. The molecule has 0 aliphatic carbocycles. The minimum Gasteiger partial charge on any atom is -0.480 e. The topological polar surface area (TPSA) is 150 Å². The highest BCUT2D eigenvalue weighted by Gasteiger charge is 2.39. The first-order valence-electron chi connectivity index (χ1n) is 6.50. The molecule has 9 heteroatoms. The van der Waals surface area contributed by atoms with Crippen LogP contribution < -0.4 is 11.1 Å². The van der Waals surface area contributed by atoms with E-state index in [4.69, 9.17) is 5.73 Å². The minimum atomic E-state index is -1.46. The van der Waals surface area contributed by atoms with Gasteiger partial charge in [-0.1, -0.05) is 0 Å². The first-order chi connectivity index (χ1) is 9.73. The Morgan fingerprint density at radius 3 is 2.38 bits per heavy atom. The number of nitrogens with one attached hydrogen (secondary N) is 1. The third-order valence-electron chi connectivity index (χ3n) is 3.24. The number of nitrogens with zero attached hydrogens (tertiary/aromatic N) is 1. The molecule has 0 spiro atoms. The summed E-state index contributed by atoms with van der Waals surface area (Å²) in [4.78, 5) is 46.6. The van der Waals surface area contributed by atoms with Crippen LogP contribution in [0, 0.1) is 0 Å². The molecule has 3 atom stereocenters. The smallest absolute Gasteiger partial charge is 0.326 e. The maximum Gasteiger partial charge on any atom is 0.326 e. The van der Waals surface area contributed by atoms with Crippen molar-refractivity contribution in [3.8, 4) is 0 Å². The molecule has 0 aromatic heterocycles. The summed E-state index contributed by atoms with van der Waals surface area (Å²) in [6, 6.07) is -2.28. The predicted molar refractivity (Wildman–Crippen MR) is 69.8 cm³/mol. The average Bonchev–Trinajstić information content (AvgIpc) is 2.79.